The minimum atomic E-state index is -4.00. The quantitative estimate of drug-likeness (QED) is 0.425. The molecule has 2 aromatic rings. The number of nitrogens with zero attached hydrogens (tertiary/aromatic N) is 2. The van der Waals surface area contributed by atoms with Crippen LogP contribution in [-0.4, -0.2) is 18.3 Å². The van der Waals surface area contributed by atoms with E-state index in [1.807, 2.05) is 0 Å². The van der Waals surface area contributed by atoms with Gasteiger partial charge in [0.1, 0.15) is 5.75 Å². The highest BCUT2D eigenvalue weighted by atomic mass is 32.2. The third-order valence-corrected chi connectivity index (χ3v) is 4.24. The van der Waals surface area contributed by atoms with E-state index in [2.05, 4.69) is 0 Å². The van der Waals surface area contributed by atoms with E-state index in [0.717, 1.165) is 0 Å². The van der Waals surface area contributed by atoms with Gasteiger partial charge in [-0.15, -0.1) is 0 Å². The molecule has 0 radical (unpaired) electrons. The Balaban J connectivity index is 2.07. The average Bonchev–Trinajstić information content (AvgIpc) is 2.53. The lowest BCUT2D eigenvalue weighted by Crippen LogP contribution is -2.10. The molecule has 0 saturated heterocycles. The molecule has 2 rings (SSSR count). The molecule has 0 saturated carbocycles. The highest BCUT2D eigenvalue weighted by molar-refractivity contribution is 7.85. The van der Waals surface area contributed by atoms with Gasteiger partial charge in [-0.25, -0.2) is 0 Å². The number of nitro groups is 2. The van der Waals surface area contributed by atoms with Crippen LogP contribution in [0.5, 0.6) is 0 Å². The van der Waals surface area contributed by atoms with Crippen LogP contribution in [0.25, 0.3) is 0 Å². The van der Waals surface area contributed by atoms with Crippen LogP contribution in [0.2, 0.25) is 0 Å². The topological polar surface area (TPSA) is 130 Å². The van der Waals surface area contributed by atoms with Crippen molar-refractivity contribution in [3.63, 3.8) is 0 Å². The number of nitro benzene ring substituents is 2. The van der Waals surface area contributed by atoms with E-state index in [9.17, 15) is 28.6 Å². The number of hydrogen-bond acceptors (Lipinski definition) is 7. The summed E-state index contributed by atoms with van der Waals surface area (Å²) >= 11 is 0. The van der Waals surface area contributed by atoms with Crippen molar-refractivity contribution in [3.8, 4) is 0 Å². The summed E-state index contributed by atoms with van der Waals surface area (Å²) < 4.78 is 28.7. The van der Waals surface area contributed by atoms with Gasteiger partial charge >= 0.3 is 0 Å². The SMILES string of the molecule is O=[N+]([O-])c1ccc(CS(=O)(=O)OCc2ccccc2[N+](=O)[O-])cc1. The Labute approximate surface area is 136 Å². The molecule has 0 aliphatic heterocycles. The molecule has 126 valence electrons. The summed E-state index contributed by atoms with van der Waals surface area (Å²) in [5.41, 5.74) is 0.0537. The molecule has 2 aromatic carbocycles. The summed E-state index contributed by atoms with van der Waals surface area (Å²) in [4.78, 5) is 20.2. The van der Waals surface area contributed by atoms with Crippen molar-refractivity contribution in [3.05, 3.63) is 79.9 Å². The van der Waals surface area contributed by atoms with Gasteiger partial charge in [-0.3, -0.25) is 24.4 Å². The van der Waals surface area contributed by atoms with Gasteiger partial charge in [-0.1, -0.05) is 24.3 Å². The monoisotopic (exact) mass is 352 g/mol. The number of non-ortho nitro benzene ring substituents is 1. The van der Waals surface area contributed by atoms with Gasteiger partial charge in [0.25, 0.3) is 21.5 Å². The molecule has 0 amide bonds. The number of para-hydroxylation sites is 1. The molecule has 0 aromatic heterocycles. The molecule has 0 N–H and O–H groups in total. The van der Waals surface area contributed by atoms with Crippen molar-refractivity contribution in [1.29, 1.82) is 0 Å². The minimum Gasteiger partial charge on any atom is -0.265 e. The van der Waals surface area contributed by atoms with Gasteiger partial charge in [0.05, 0.1) is 22.0 Å². The molecule has 0 aliphatic rings. The first kappa shape index (κ1) is 17.5. The molecule has 24 heavy (non-hydrogen) atoms. The first-order valence-corrected chi connectivity index (χ1v) is 8.19. The molecule has 0 spiro atoms. The lowest BCUT2D eigenvalue weighted by Gasteiger charge is -2.06. The lowest BCUT2D eigenvalue weighted by molar-refractivity contribution is -0.385. The van der Waals surface area contributed by atoms with Crippen LogP contribution in [0.4, 0.5) is 11.4 Å². The summed E-state index contributed by atoms with van der Waals surface area (Å²) in [5, 5.41) is 21.4. The molecule has 0 aliphatic carbocycles. The maximum atomic E-state index is 11.9. The van der Waals surface area contributed by atoms with E-state index in [1.165, 1.54) is 48.5 Å². The molecular weight excluding hydrogens is 340 g/mol. The van der Waals surface area contributed by atoms with E-state index >= 15 is 0 Å². The fourth-order valence-corrected chi connectivity index (χ4v) is 2.91. The van der Waals surface area contributed by atoms with Gasteiger partial charge in [0.2, 0.25) is 0 Å². The summed E-state index contributed by atoms with van der Waals surface area (Å²) in [5.74, 6) is -0.494. The minimum absolute atomic E-state index is 0.134. The Morgan fingerprint density at radius 1 is 0.917 bits per heavy atom. The Hall–Kier alpha value is -2.85. The standard InChI is InChI=1S/C14H12N2O7S/c17-15(18)13-7-5-11(6-8-13)10-24(21,22)23-9-12-3-1-2-4-14(12)16(19)20/h1-8H,9-10H2. The molecule has 0 bridgehead atoms. The van der Waals surface area contributed by atoms with Crippen molar-refractivity contribution < 1.29 is 22.4 Å². The zero-order valence-electron chi connectivity index (χ0n) is 12.2. The second kappa shape index (κ2) is 7.15. The Bertz CT molecular complexity index is 863. The second-order valence-corrected chi connectivity index (χ2v) is 6.41. The summed E-state index contributed by atoms with van der Waals surface area (Å²) in [6.45, 7) is -0.466. The van der Waals surface area contributed by atoms with Crippen molar-refractivity contribution >= 4 is 21.5 Å². The van der Waals surface area contributed by atoms with Crippen molar-refractivity contribution in [2.24, 2.45) is 0 Å². The van der Waals surface area contributed by atoms with E-state index in [1.54, 1.807) is 0 Å². The number of rotatable bonds is 7. The third-order valence-electron chi connectivity index (χ3n) is 3.07. The molecule has 9 nitrogen and oxygen atoms in total. The fourth-order valence-electron chi connectivity index (χ4n) is 1.92. The van der Waals surface area contributed by atoms with Crippen LogP contribution in [0.3, 0.4) is 0 Å². The third kappa shape index (κ3) is 4.57. The maximum Gasteiger partial charge on any atom is 0.274 e. The maximum absolute atomic E-state index is 11.9. The van der Waals surface area contributed by atoms with E-state index in [-0.39, 0.29) is 16.9 Å². The first-order chi connectivity index (χ1) is 11.3. The van der Waals surface area contributed by atoms with Gasteiger partial charge in [0, 0.05) is 18.2 Å². The van der Waals surface area contributed by atoms with Gasteiger partial charge in [-0.2, -0.15) is 8.42 Å². The summed E-state index contributed by atoms with van der Waals surface area (Å²) in [6, 6.07) is 10.6. The molecular formula is C14H12N2O7S. The molecule has 0 fully saturated rings. The van der Waals surface area contributed by atoms with Gasteiger partial charge in [-0.05, 0) is 11.6 Å². The Kier molecular flexibility index (Phi) is 5.21. The highest BCUT2D eigenvalue weighted by Gasteiger charge is 2.18. The molecule has 0 heterocycles. The zero-order valence-corrected chi connectivity index (χ0v) is 13.0. The lowest BCUT2D eigenvalue weighted by atomic mass is 10.2. The number of hydrogen-bond donors (Lipinski definition) is 0. The number of benzene rings is 2. The van der Waals surface area contributed by atoms with Crippen LogP contribution in [0.1, 0.15) is 11.1 Å². The van der Waals surface area contributed by atoms with Crippen LogP contribution >= 0.6 is 0 Å². The Morgan fingerprint density at radius 3 is 2.12 bits per heavy atom. The highest BCUT2D eigenvalue weighted by Crippen LogP contribution is 2.20. The van der Waals surface area contributed by atoms with Gasteiger partial charge in [0.15, 0.2) is 0 Å². The average molecular weight is 352 g/mol. The van der Waals surface area contributed by atoms with Crippen molar-refractivity contribution in [1.82, 2.24) is 0 Å². The van der Waals surface area contributed by atoms with E-state index in [4.69, 9.17) is 4.18 Å². The fraction of sp³-hybridized carbons (Fsp3) is 0.143. The van der Waals surface area contributed by atoms with Crippen LogP contribution < -0.4 is 0 Å². The van der Waals surface area contributed by atoms with Crippen LogP contribution in [-0.2, 0) is 26.7 Å². The zero-order chi connectivity index (χ0) is 17.7. The molecule has 0 unspecified atom stereocenters. The first-order valence-electron chi connectivity index (χ1n) is 6.61. The Morgan fingerprint density at radius 2 is 1.54 bits per heavy atom. The van der Waals surface area contributed by atoms with Crippen molar-refractivity contribution in [2.45, 2.75) is 12.4 Å². The molecule has 0 atom stereocenters. The van der Waals surface area contributed by atoms with E-state index in [0.29, 0.717) is 5.56 Å². The predicted molar refractivity (Wildman–Crippen MR) is 83.6 cm³/mol. The van der Waals surface area contributed by atoms with E-state index < -0.39 is 32.3 Å². The normalized spacial score (nSPS) is 11.2. The van der Waals surface area contributed by atoms with Crippen LogP contribution in [0, 0.1) is 20.2 Å². The predicted octanol–water partition coefficient (Wildman–Crippen LogP) is 2.55. The summed E-state index contributed by atoms with van der Waals surface area (Å²) in [7, 11) is -4.00. The smallest absolute Gasteiger partial charge is 0.265 e. The van der Waals surface area contributed by atoms with Crippen molar-refractivity contribution in [2.75, 3.05) is 0 Å². The largest absolute Gasteiger partial charge is 0.274 e. The van der Waals surface area contributed by atoms with Crippen LogP contribution in [0.15, 0.2) is 48.5 Å². The second-order valence-electron chi connectivity index (χ2n) is 4.77. The summed E-state index contributed by atoms with van der Waals surface area (Å²) in [6.07, 6.45) is 0. The molecule has 10 heteroatoms. The van der Waals surface area contributed by atoms with Gasteiger partial charge < -0.3 is 0 Å².